The van der Waals surface area contributed by atoms with E-state index in [1.54, 1.807) is 0 Å². The minimum Gasteiger partial charge on any atom is -0.356 e. The van der Waals surface area contributed by atoms with Crippen molar-refractivity contribution < 1.29 is 9.59 Å². The van der Waals surface area contributed by atoms with E-state index in [9.17, 15) is 9.59 Å². The van der Waals surface area contributed by atoms with E-state index in [-0.39, 0.29) is 30.1 Å². The van der Waals surface area contributed by atoms with E-state index >= 15 is 0 Å². The SMILES string of the molecule is Cl.O=C(CCCNC(=O)C1CC1)NCCC1CCNC1. The quantitative estimate of drug-likeness (QED) is 0.582. The second-order valence-corrected chi connectivity index (χ2v) is 5.67. The molecule has 0 bridgehead atoms. The van der Waals surface area contributed by atoms with Crippen molar-refractivity contribution in [3.05, 3.63) is 0 Å². The smallest absolute Gasteiger partial charge is 0.223 e. The van der Waals surface area contributed by atoms with Gasteiger partial charge in [0.25, 0.3) is 0 Å². The van der Waals surface area contributed by atoms with E-state index in [2.05, 4.69) is 16.0 Å². The first-order valence-electron chi connectivity index (χ1n) is 7.51. The van der Waals surface area contributed by atoms with Crippen molar-refractivity contribution in [2.24, 2.45) is 11.8 Å². The van der Waals surface area contributed by atoms with Crippen molar-refractivity contribution in [1.29, 1.82) is 0 Å². The average Bonchev–Trinajstić information content (AvgIpc) is 3.13. The summed E-state index contributed by atoms with van der Waals surface area (Å²) in [5.74, 6) is 1.24. The summed E-state index contributed by atoms with van der Waals surface area (Å²) in [5, 5.41) is 9.15. The van der Waals surface area contributed by atoms with Crippen LogP contribution in [-0.4, -0.2) is 38.0 Å². The summed E-state index contributed by atoms with van der Waals surface area (Å²) in [4.78, 5) is 22.9. The van der Waals surface area contributed by atoms with Gasteiger partial charge in [0, 0.05) is 25.4 Å². The Balaban J connectivity index is 0.00000200. The number of nitrogens with one attached hydrogen (secondary N) is 3. The molecule has 2 fully saturated rings. The van der Waals surface area contributed by atoms with Gasteiger partial charge in [0.15, 0.2) is 0 Å². The average molecular weight is 304 g/mol. The fourth-order valence-corrected chi connectivity index (χ4v) is 2.42. The van der Waals surface area contributed by atoms with Crippen molar-refractivity contribution >= 4 is 24.2 Å². The van der Waals surface area contributed by atoms with Crippen LogP contribution in [0, 0.1) is 11.8 Å². The molecule has 0 spiro atoms. The Labute approximate surface area is 127 Å². The van der Waals surface area contributed by atoms with Gasteiger partial charge in [-0.05, 0) is 51.1 Å². The van der Waals surface area contributed by atoms with Crippen molar-refractivity contribution in [3.63, 3.8) is 0 Å². The number of hydrogen-bond acceptors (Lipinski definition) is 3. The first kappa shape index (κ1) is 17.2. The molecule has 5 nitrogen and oxygen atoms in total. The molecule has 0 aromatic heterocycles. The third kappa shape index (κ3) is 6.57. The summed E-state index contributed by atoms with van der Waals surface area (Å²) >= 11 is 0. The Morgan fingerprint density at radius 1 is 1.10 bits per heavy atom. The van der Waals surface area contributed by atoms with Crippen LogP contribution in [-0.2, 0) is 9.59 Å². The topological polar surface area (TPSA) is 70.2 Å². The van der Waals surface area contributed by atoms with E-state index in [0.29, 0.717) is 13.0 Å². The molecule has 2 aliphatic rings. The van der Waals surface area contributed by atoms with Gasteiger partial charge in [0.1, 0.15) is 0 Å². The zero-order valence-corrected chi connectivity index (χ0v) is 12.8. The Morgan fingerprint density at radius 3 is 2.55 bits per heavy atom. The number of halogens is 1. The van der Waals surface area contributed by atoms with Crippen LogP contribution in [0.2, 0.25) is 0 Å². The summed E-state index contributed by atoms with van der Waals surface area (Å²) in [6, 6.07) is 0. The summed E-state index contributed by atoms with van der Waals surface area (Å²) < 4.78 is 0. The van der Waals surface area contributed by atoms with E-state index in [1.807, 2.05) is 0 Å². The lowest BCUT2D eigenvalue weighted by Crippen LogP contribution is -2.29. The number of hydrogen-bond donors (Lipinski definition) is 3. The van der Waals surface area contributed by atoms with Crippen LogP contribution in [0.3, 0.4) is 0 Å². The lowest BCUT2D eigenvalue weighted by Gasteiger charge is -2.09. The predicted octanol–water partition coefficient (Wildman–Crippen LogP) is 0.830. The molecule has 2 rings (SSSR count). The molecular weight excluding hydrogens is 278 g/mol. The van der Waals surface area contributed by atoms with Crippen LogP contribution in [0.25, 0.3) is 0 Å². The van der Waals surface area contributed by atoms with Crippen molar-refractivity contribution in [3.8, 4) is 0 Å². The largest absolute Gasteiger partial charge is 0.356 e. The van der Waals surface area contributed by atoms with Gasteiger partial charge < -0.3 is 16.0 Å². The molecule has 0 aromatic carbocycles. The highest BCUT2D eigenvalue weighted by atomic mass is 35.5. The minimum absolute atomic E-state index is 0. The first-order chi connectivity index (χ1) is 9.25. The number of amides is 2. The van der Waals surface area contributed by atoms with E-state index < -0.39 is 0 Å². The molecule has 20 heavy (non-hydrogen) atoms. The number of carbonyl (C=O) groups excluding carboxylic acids is 2. The van der Waals surface area contributed by atoms with Crippen molar-refractivity contribution in [1.82, 2.24) is 16.0 Å². The molecule has 0 aromatic rings. The van der Waals surface area contributed by atoms with Gasteiger partial charge in [-0.1, -0.05) is 0 Å². The molecule has 3 N–H and O–H groups in total. The van der Waals surface area contributed by atoms with E-state index in [1.165, 1.54) is 6.42 Å². The van der Waals surface area contributed by atoms with Crippen LogP contribution < -0.4 is 16.0 Å². The molecule has 1 heterocycles. The van der Waals surface area contributed by atoms with Gasteiger partial charge in [-0.2, -0.15) is 0 Å². The minimum atomic E-state index is 0. The zero-order valence-electron chi connectivity index (χ0n) is 12.0. The molecule has 1 aliphatic heterocycles. The standard InChI is InChI=1S/C14H25N3O2.ClH/c18-13(16-9-6-11-5-8-15-10-11)2-1-7-17-14(19)12-3-4-12;/h11-12,15H,1-10H2,(H,16,18)(H,17,19);1H. The molecule has 2 amide bonds. The maximum atomic E-state index is 11.6. The van der Waals surface area contributed by atoms with Gasteiger partial charge in [0.05, 0.1) is 0 Å². The number of carbonyl (C=O) groups is 2. The highest BCUT2D eigenvalue weighted by Gasteiger charge is 2.28. The molecule has 1 saturated heterocycles. The maximum Gasteiger partial charge on any atom is 0.223 e. The summed E-state index contributed by atoms with van der Waals surface area (Å²) in [5.41, 5.74) is 0. The monoisotopic (exact) mass is 303 g/mol. The van der Waals surface area contributed by atoms with Gasteiger partial charge in [0.2, 0.25) is 11.8 Å². The Kier molecular flexibility index (Phi) is 7.92. The van der Waals surface area contributed by atoms with Gasteiger partial charge in [-0.25, -0.2) is 0 Å². The molecule has 6 heteroatoms. The molecule has 1 unspecified atom stereocenters. The Hall–Kier alpha value is -0.810. The summed E-state index contributed by atoms with van der Waals surface area (Å²) in [6.07, 6.45) is 5.59. The van der Waals surface area contributed by atoms with Crippen molar-refractivity contribution in [2.75, 3.05) is 26.2 Å². The third-order valence-electron chi connectivity index (χ3n) is 3.87. The van der Waals surface area contributed by atoms with Gasteiger partial charge >= 0.3 is 0 Å². The van der Waals surface area contributed by atoms with E-state index in [4.69, 9.17) is 0 Å². The second-order valence-electron chi connectivity index (χ2n) is 5.67. The lowest BCUT2D eigenvalue weighted by atomic mass is 10.1. The fraction of sp³-hybridized carbons (Fsp3) is 0.857. The fourth-order valence-electron chi connectivity index (χ4n) is 2.42. The molecule has 1 atom stereocenters. The maximum absolute atomic E-state index is 11.6. The van der Waals surface area contributed by atoms with Crippen molar-refractivity contribution in [2.45, 2.75) is 38.5 Å². The molecule has 0 radical (unpaired) electrons. The molecule has 1 saturated carbocycles. The van der Waals surface area contributed by atoms with Gasteiger partial charge in [-0.3, -0.25) is 9.59 Å². The predicted molar refractivity (Wildman–Crippen MR) is 80.8 cm³/mol. The second kappa shape index (κ2) is 9.19. The first-order valence-corrected chi connectivity index (χ1v) is 7.51. The number of rotatable bonds is 8. The third-order valence-corrected chi connectivity index (χ3v) is 3.87. The molecule has 116 valence electrons. The highest BCUT2D eigenvalue weighted by Crippen LogP contribution is 2.28. The van der Waals surface area contributed by atoms with Crippen LogP contribution in [0.5, 0.6) is 0 Å². The van der Waals surface area contributed by atoms with Crippen LogP contribution in [0.1, 0.15) is 38.5 Å². The molecule has 1 aliphatic carbocycles. The summed E-state index contributed by atoms with van der Waals surface area (Å²) in [6.45, 7) is 3.59. The van der Waals surface area contributed by atoms with Gasteiger partial charge in [-0.15, -0.1) is 12.4 Å². The Morgan fingerprint density at radius 2 is 1.90 bits per heavy atom. The zero-order chi connectivity index (χ0) is 13.5. The highest BCUT2D eigenvalue weighted by molar-refractivity contribution is 5.85. The molecular formula is C14H26ClN3O2. The summed E-state index contributed by atoms with van der Waals surface area (Å²) in [7, 11) is 0. The Bertz CT molecular complexity index is 316. The van der Waals surface area contributed by atoms with Crippen LogP contribution in [0.4, 0.5) is 0 Å². The van der Waals surface area contributed by atoms with Crippen LogP contribution >= 0.6 is 12.4 Å². The lowest BCUT2D eigenvalue weighted by molar-refractivity contribution is -0.123. The normalized spacial score (nSPS) is 21.1. The van der Waals surface area contributed by atoms with Crippen LogP contribution in [0.15, 0.2) is 0 Å². The van der Waals surface area contributed by atoms with E-state index in [0.717, 1.165) is 51.2 Å².